The Hall–Kier alpha value is -2.02. The third-order valence-electron chi connectivity index (χ3n) is 2.89. The summed E-state index contributed by atoms with van der Waals surface area (Å²) < 4.78 is 10.4. The van der Waals surface area contributed by atoms with Crippen molar-refractivity contribution in [1.29, 1.82) is 0 Å². The summed E-state index contributed by atoms with van der Waals surface area (Å²) >= 11 is 0. The maximum absolute atomic E-state index is 11.6. The zero-order chi connectivity index (χ0) is 16.2. The standard InChI is InChI=1S/C14H22N2O5/c1-9(17)10-6-11(20-13(18)15(2)3)8-12(7-10)21-14(19)16(4)5/h6,8-10,17H,7H2,1-5H3. The molecule has 0 bridgehead atoms. The number of hydrogen-bond donors (Lipinski definition) is 1. The Balaban J connectivity index is 2.89. The van der Waals surface area contributed by atoms with Crippen LogP contribution in [0, 0.1) is 5.92 Å². The van der Waals surface area contributed by atoms with E-state index in [1.54, 1.807) is 41.2 Å². The van der Waals surface area contributed by atoms with E-state index in [0.717, 1.165) is 0 Å². The summed E-state index contributed by atoms with van der Waals surface area (Å²) in [6.45, 7) is 1.63. The summed E-state index contributed by atoms with van der Waals surface area (Å²) in [5.74, 6) is 0.320. The van der Waals surface area contributed by atoms with Crippen molar-refractivity contribution in [2.45, 2.75) is 19.4 Å². The molecule has 1 N–H and O–H groups in total. The van der Waals surface area contributed by atoms with E-state index in [4.69, 9.17) is 9.47 Å². The molecule has 1 aliphatic rings. The number of ether oxygens (including phenoxy) is 2. The van der Waals surface area contributed by atoms with Crippen molar-refractivity contribution in [1.82, 2.24) is 9.80 Å². The molecule has 1 aliphatic carbocycles. The number of carbonyl (C=O) groups excluding carboxylic acids is 2. The van der Waals surface area contributed by atoms with E-state index in [0.29, 0.717) is 12.2 Å². The molecule has 0 saturated heterocycles. The van der Waals surface area contributed by atoms with Gasteiger partial charge in [0.25, 0.3) is 0 Å². The molecular formula is C14H22N2O5. The number of allylic oxidation sites excluding steroid dienone is 2. The molecular weight excluding hydrogens is 276 g/mol. The smallest absolute Gasteiger partial charge is 0.414 e. The number of nitrogens with zero attached hydrogens (tertiary/aromatic N) is 2. The molecule has 2 unspecified atom stereocenters. The van der Waals surface area contributed by atoms with Crippen LogP contribution in [0.25, 0.3) is 0 Å². The van der Waals surface area contributed by atoms with Crippen molar-refractivity contribution in [3.63, 3.8) is 0 Å². The number of aliphatic hydroxyl groups is 1. The van der Waals surface area contributed by atoms with Crippen LogP contribution in [0.1, 0.15) is 13.3 Å². The van der Waals surface area contributed by atoms with Gasteiger partial charge in [0, 0.05) is 46.6 Å². The van der Waals surface area contributed by atoms with Crippen LogP contribution in [-0.2, 0) is 9.47 Å². The molecule has 21 heavy (non-hydrogen) atoms. The second-order valence-corrected chi connectivity index (χ2v) is 5.31. The summed E-state index contributed by atoms with van der Waals surface area (Å²) in [5.41, 5.74) is 0. The first-order chi connectivity index (χ1) is 9.70. The van der Waals surface area contributed by atoms with E-state index in [9.17, 15) is 14.7 Å². The van der Waals surface area contributed by atoms with Crippen LogP contribution in [0.15, 0.2) is 23.7 Å². The van der Waals surface area contributed by atoms with E-state index in [-0.39, 0.29) is 11.7 Å². The molecule has 0 aromatic carbocycles. The fourth-order valence-electron chi connectivity index (χ4n) is 1.61. The zero-order valence-corrected chi connectivity index (χ0v) is 13.0. The molecule has 0 aliphatic heterocycles. The van der Waals surface area contributed by atoms with Gasteiger partial charge in [-0.1, -0.05) is 0 Å². The second kappa shape index (κ2) is 7.12. The van der Waals surface area contributed by atoms with Crippen molar-refractivity contribution >= 4 is 12.2 Å². The maximum atomic E-state index is 11.6. The fraction of sp³-hybridized carbons (Fsp3) is 0.571. The minimum atomic E-state index is -0.653. The molecule has 0 radical (unpaired) electrons. The predicted molar refractivity (Wildman–Crippen MR) is 76.3 cm³/mol. The van der Waals surface area contributed by atoms with Crippen LogP contribution in [-0.4, -0.2) is 61.4 Å². The summed E-state index contributed by atoms with van der Waals surface area (Å²) in [7, 11) is 6.27. The average molecular weight is 298 g/mol. The van der Waals surface area contributed by atoms with Gasteiger partial charge in [-0.3, -0.25) is 0 Å². The van der Waals surface area contributed by atoms with Gasteiger partial charge < -0.3 is 24.4 Å². The second-order valence-electron chi connectivity index (χ2n) is 5.31. The number of amides is 2. The van der Waals surface area contributed by atoms with E-state index in [2.05, 4.69) is 0 Å². The van der Waals surface area contributed by atoms with Crippen LogP contribution < -0.4 is 0 Å². The van der Waals surface area contributed by atoms with Crippen molar-refractivity contribution in [2.24, 2.45) is 5.92 Å². The van der Waals surface area contributed by atoms with Crippen molar-refractivity contribution in [3.05, 3.63) is 23.7 Å². The number of aliphatic hydroxyl groups excluding tert-OH is 1. The summed E-state index contributed by atoms with van der Waals surface area (Å²) in [6, 6.07) is 0. The van der Waals surface area contributed by atoms with E-state index < -0.39 is 18.3 Å². The molecule has 7 nitrogen and oxygen atoms in total. The third-order valence-corrected chi connectivity index (χ3v) is 2.89. The van der Waals surface area contributed by atoms with Gasteiger partial charge in [0.2, 0.25) is 0 Å². The highest BCUT2D eigenvalue weighted by Crippen LogP contribution is 2.27. The van der Waals surface area contributed by atoms with Gasteiger partial charge in [0.1, 0.15) is 11.5 Å². The topological polar surface area (TPSA) is 79.3 Å². The molecule has 2 amide bonds. The van der Waals surface area contributed by atoms with Crippen molar-refractivity contribution in [2.75, 3.05) is 28.2 Å². The number of rotatable bonds is 3. The minimum absolute atomic E-state index is 0.257. The van der Waals surface area contributed by atoms with Gasteiger partial charge >= 0.3 is 12.2 Å². The summed E-state index contributed by atoms with van der Waals surface area (Å²) in [5, 5.41) is 9.73. The largest absolute Gasteiger partial charge is 0.415 e. The Bertz CT molecular complexity index is 466. The highest BCUT2D eigenvalue weighted by Gasteiger charge is 2.24. The third kappa shape index (κ3) is 5.11. The van der Waals surface area contributed by atoms with Crippen LogP contribution in [0.3, 0.4) is 0 Å². The average Bonchev–Trinajstić information content (AvgIpc) is 2.37. The molecule has 1 rings (SSSR count). The highest BCUT2D eigenvalue weighted by molar-refractivity contribution is 5.69. The monoisotopic (exact) mass is 298 g/mol. The van der Waals surface area contributed by atoms with Crippen LogP contribution in [0.5, 0.6) is 0 Å². The Kier molecular flexibility index (Phi) is 5.78. The molecule has 0 fully saturated rings. The number of carbonyl (C=O) groups is 2. The van der Waals surface area contributed by atoms with Crippen molar-refractivity contribution < 1.29 is 24.2 Å². The quantitative estimate of drug-likeness (QED) is 0.855. The van der Waals surface area contributed by atoms with E-state index in [1.165, 1.54) is 15.9 Å². The number of hydrogen-bond acceptors (Lipinski definition) is 5. The normalized spacial score (nSPS) is 19.0. The van der Waals surface area contributed by atoms with Crippen LogP contribution in [0.4, 0.5) is 9.59 Å². The van der Waals surface area contributed by atoms with Gasteiger partial charge in [-0.15, -0.1) is 0 Å². The Morgan fingerprint density at radius 2 is 1.71 bits per heavy atom. The summed E-state index contributed by atoms with van der Waals surface area (Å²) in [4.78, 5) is 25.7. The predicted octanol–water partition coefficient (Wildman–Crippen LogP) is 1.55. The van der Waals surface area contributed by atoms with Crippen molar-refractivity contribution in [3.8, 4) is 0 Å². The Morgan fingerprint density at radius 3 is 2.19 bits per heavy atom. The lowest BCUT2D eigenvalue weighted by molar-refractivity contribution is 0.113. The van der Waals surface area contributed by atoms with Crippen LogP contribution in [0.2, 0.25) is 0 Å². The van der Waals surface area contributed by atoms with Crippen LogP contribution >= 0.6 is 0 Å². The molecule has 0 spiro atoms. The molecule has 7 heteroatoms. The summed E-state index contributed by atoms with van der Waals surface area (Å²) in [6.07, 6.45) is 1.79. The van der Waals surface area contributed by atoms with Gasteiger partial charge in [0.15, 0.2) is 0 Å². The lowest BCUT2D eigenvalue weighted by Crippen LogP contribution is -2.27. The zero-order valence-electron chi connectivity index (χ0n) is 13.0. The molecule has 0 aromatic heterocycles. The lowest BCUT2D eigenvalue weighted by Gasteiger charge is -2.24. The van der Waals surface area contributed by atoms with E-state index in [1.807, 2.05) is 0 Å². The molecule has 118 valence electrons. The molecule has 0 saturated carbocycles. The first-order valence-electron chi connectivity index (χ1n) is 6.59. The van der Waals surface area contributed by atoms with E-state index >= 15 is 0 Å². The van der Waals surface area contributed by atoms with Gasteiger partial charge in [-0.05, 0) is 13.0 Å². The van der Waals surface area contributed by atoms with Gasteiger partial charge in [0.05, 0.1) is 6.10 Å². The Morgan fingerprint density at radius 1 is 1.19 bits per heavy atom. The fourth-order valence-corrected chi connectivity index (χ4v) is 1.61. The Labute approximate surface area is 124 Å². The first kappa shape index (κ1) is 17.0. The SMILES string of the molecule is CC(O)C1C=C(OC(=O)N(C)C)C=C(OC(=O)N(C)C)C1. The molecule has 2 atom stereocenters. The molecule has 0 heterocycles. The van der Waals surface area contributed by atoms with Gasteiger partial charge in [-0.2, -0.15) is 0 Å². The highest BCUT2D eigenvalue weighted by atomic mass is 16.6. The minimum Gasteiger partial charge on any atom is -0.415 e. The van der Waals surface area contributed by atoms with Gasteiger partial charge in [-0.25, -0.2) is 9.59 Å². The maximum Gasteiger partial charge on any atom is 0.414 e. The first-order valence-corrected chi connectivity index (χ1v) is 6.59. The lowest BCUT2D eigenvalue weighted by atomic mass is 9.94. The molecule has 0 aromatic rings.